The average Bonchev–Trinajstić information content (AvgIpc) is 2.18. The minimum Gasteiger partial charge on any atom is -0.302 e. The van der Waals surface area contributed by atoms with Crippen molar-refractivity contribution in [3.8, 4) is 0 Å². The van der Waals surface area contributed by atoms with E-state index in [2.05, 4.69) is 21.2 Å². The first-order valence-electron chi connectivity index (χ1n) is 4.57. The second kappa shape index (κ2) is 4.64. The summed E-state index contributed by atoms with van der Waals surface area (Å²) in [6.07, 6.45) is 1.19. The van der Waals surface area contributed by atoms with Crippen LogP contribution in [-0.2, 0) is 0 Å². The average molecular weight is 276 g/mol. The monoisotopic (exact) mass is 275 g/mol. The van der Waals surface area contributed by atoms with Gasteiger partial charge in [0.2, 0.25) is 0 Å². The van der Waals surface area contributed by atoms with Gasteiger partial charge in [0, 0.05) is 4.47 Å². The van der Waals surface area contributed by atoms with Crippen molar-refractivity contribution < 1.29 is 4.39 Å². The number of rotatable bonds is 1. The highest BCUT2D eigenvalue weighted by Gasteiger charge is 2.15. The molecule has 2 rings (SSSR count). The first kappa shape index (κ1) is 10.5. The van der Waals surface area contributed by atoms with E-state index in [4.69, 9.17) is 0 Å². The van der Waals surface area contributed by atoms with Crippen LogP contribution < -0.4 is 5.32 Å². The Bertz CT molecular complexity index is 306. The van der Waals surface area contributed by atoms with Crippen LogP contribution in [0.4, 0.5) is 4.39 Å². The van der Waals surface area contributed by atoms with Crippen LogP contribution in [0.15, 0.2) is 22.7 Å². The minimum atomic E-state index is -0.178. The normalized spacial score (nSPS) is 22.3. The molecular formula is C10H11BrFNS. The third kappa shape index (κ3) is 2.49. The molecule has 4 heteroatoms. The van der Waals surface area contributed by atoms with Gasteiger partial charge in [-0.15, -0.1) is 11.8 Å². The Balaban J connectivity index is 2.21. The van der Waals surface area contributed by atoms with Crippen LogP contribution in [-0.4, -0.2) is 12.3 Å². The summed E-state index contributed by atoms with van der Waals surface area (Å²) in [4.78, 5) is 0. The molecule has 1 nitrogen and oxygen atoms in total. The molecule has 1 aromatic carbocycles. The van der Waals surface area contributed by atoms with Crippen LogP contribution in [0.25, 0.3) is 0 Å². The first-order valence-corrected chi connectivity index (χ1v) is 6.41. The smallest absolute Gasteiger partial charge is 0.124 e. The van der Waals surface area contributed by atoms with Crippen LogP contribution in [0.3, 0.4) is 0 Å². The van der Waals surface area contributed by atoms with Gasteiger partial charge in [-0.1, -0.05) is 15.9 Å². The van der Waals surface area contributed by atoms with Gasteiger partial charge in [0.15, 0.2) is 0 Å². The Morgan fingerprint density at radius 1 is 1.43 bits per heavy atom. The lowest BCUT2D eigenvalue weighted by molar-refractivity contribution is 0.611. The molecule has 1 atom stereocenters. The van der Waals surface area contributed by atoms with Gasteiger partial charge in [-0.2, -0.15) is 0 Å². The van der Waals surface area contributed by atoms with E-state index in [0.717, 1.165) is 22.3 Å². The Hall–Kier alpha value is -0.0600. The van der Waals surface area contributed by atoms with Gasteiger partial charge in [0.1, 0.15) is 5.82 Å². The SMILES string of the molecule is Fc1cc(Br)cc(C2NCCCS2)c1. The highest BCUT2D eigenvalue weighted by molar-refractivity contribution is 9.10. The maximum atomic E-state index is 13.1. The Kier molecular flexibility index (Phi) is 3.47. The van der Waals surface area contributed by atoms with E-state index in [-0.39, 0.29) is 11.2 Å². The maximum absolute atomic E-state index is 13.1. The Morgan fingerprint density at radius 3 is 2.93 bits per heavy atom. The lowest BCUT2D eigenvalue weighted by Crippen LogP contribution is -2.25. The van der Waals surface area contributed by atoms with Crippen molar-refractivity contribution in [1.29, 1.82) is 0 Å². The van der Waals surface area contributed by atoms with Gasteiger partial charge in [-0.25, -0.2) is 4.39 Å². The topological polar surface area (TPSA) is 12.0 Å². The molecule has 0 bridgehead atoms. The molecule has 0 spiro atoms. The Morgan fingerprint density at radius 2 is 2.29 bits per heavy atom. The van der Waals surface area contributed by atoms with Crippen LogP contribution in [0.2, 0.25) is 0 Å². The van der Waals surface area contributed by atoms with Crippen molar-refractivity contribution >= 4 is 27.7 Å². The highest BCUT2D eigenvalue weighted by Crippen LogP contribution is 2.31. The van der Waals surface area contributed by atoms with Gasteiger partial charge in [-0.3, -0.25) is 0 Å². The third-order valence-corrected chi connectivity index (χ3v) is 3.88. The maximum Gasteiger partial charge on any atom is 0.124 e. The van der Waals surface area contributed by atoms with Crippen molar-refractivity contribution in [2.75, 3.05) is 12.3 Å². The summed E-state index contributed by atoms with van der Waals surface area (Å²) < 4.78 is 13.9. The molecule has 1 aliphatic rings. The van der Waals surface area contributed by atoms with Crippen molar-refractivity contribution in [2.24, 2.45) is 0 Å². The van der Waals surface area contributed by atoms with Gasteiger partial charge in [-0.05, 0) is 42.5 Å². The summed E-state index contributed by atoms with van der Waals surface area (Å²) in [5, 5.41) is 3.61. The molecule has 1 aromatic rings. The number of nitrogens with one attached hydrogen (secondary N) is 1. The predicted molar refractivity (Wildman–Crippen MR) is 61.9 cm³/mol. The van der Waals surface area contributed by atoms with Gasteiger partial charge in [0.25, 0.3) is 0 Å². The molecule has 1 heterocycles. The van der Waals surface area contributed by atoms with Gasteiger partial charge >= 0.3 is 0 Å². The lowest BCUT2D eigenvalue weighted by Gasteiger charge is -2.23. The standard InChI is InChI=1S/C10H11BrFNS/c11-8-4-7(5-9(12)6-8)10-13-2-1-3-14-10/h4-6,10,13H,1-3H2. The Labute approximate surface area is 95.6 Å². The van der Waals surface area contributed by atoms with Gasteiger partial charge < -0.3 is 5.32 Å². The number of hydrogen-bond acceptors (Lipinski definition) is 2. The summed E-state index contributed by atoms with van der Waals surface area (Å²) in [5.74, 6) is 0.966. The van der Waals surface area contributed by atoms with E-state index in [1.807, 2.05) is 17.8 Å². The quantitative estimate of drug-likeness (QED) is 0.844. The molecule has 1 aliphatic heterocycles. The van der Waals surface area contributed by atoms with Gasteiger partial charge in [0.05, 0.1) is 5.37 Å². The van der Waals surface area contributed by atoms with E-state index in [9.17, 15) is 4.39 Å². The number of benzene rings is 1. The summed E-state index contributed by atoms with van der Waals surface area (Å²) in [6, 6.07) is 5.05. The molecule has 0 amide bonds. The molecule has 1 fully saturated rings. The van der Waals surface area contributed by atoms with Crippen molar-refractivity contribution in [3.63, 3.8) is 0 Å². The molecule has 0 aromatic heterocycles. The third-order valence-electron chi connectivity index (χ3n) is 2.12. The zero-order valence-corrected chi connectivity index (χ0v) is 10.00. The molecule has 0 radical (unpaired) electrons. The van der Waals surface area contributed by atoms with E-state index < -0.39 is 0 Å². The zero-order chi connectivity index (χ0) is 9.97. The van der Waals surface area contributed by atoms with Crippen molar-refractivity contribution in [3.05, 3.63) is 34.1 Å². The fraction of sp³-hybridized carbons (Fsp3) is 0.400. The number of thioether (sulfide) groups is 1. The summed E-state index contributed by atoms with van der Waals surface area (Å²) in [7, 11) is 0. The number of hydrogen-bond donors (Lipinski definition) is 1. The lowest BCUT2D eigenvalue weighted by atomic mass is 10.2. The highest BCUT2D eigenvalue weighted by atomic mass is 79.9. The fourth-order valence-corrected chi connectivity index (χ4v) is 3.10. The van der Waals surface area contributed by atoms with Crippen molar-refractivity contribution in [1.82, 2.24) is 5.32 Å². The predicted octanol–water partition coefficient (Wildman–Crippen LogP) is 3.31. The van der Waals surface area contributed by atoms with Crippen LogP contribution in [0.5, 0.6) is 0 Å². The van der Waals surface area contributed by atoms with E-state index in [0.29, 0.717) is 0 Å². The molecule has 1 unspecified atom stereocenters. The second-order valence-electron chi connectivity index (χ2n) is 3.26. The summed E-state index contributed by atoms with van der Waals surface area (Å²) >= 11 is 5.14. The van der Waals surface area contributed by atoms with E-state index >= 15 is 0 Å². The van der Waals surface area contributed by atoms with Crippen LogP contribution in [0.1, 0.15) is 17.4 Å². The molecule has 1 N–H and O–H groups in total. The van der Waals surface area contributed by atoms with E-state index in [1.54, 1.807) is 6.07 Å². The van der Waals surface area contributed by atoms with Crippen molar-refractivity contribution in [2.45, 2.75) is 11.8 Å². The molecule has 1 saturated heterocycles. The number of halogens is 2. The molecule has 14 heavy (non-hydrogen) atoms. The molecule has 0 saturated carbocycles. The van der Waals surface area contributed by atoms with Crippen LogP contribution >= 0.6 is 27.7 Å². The molecular weight excluding hydrogens is 265 g/mol. The fourth-order valence-electron chi connectivity index (χ4n) is 1.51. The first-order chi connectivity index (χ1) is 6.75. The molecule has 0 aliphatic carbocycles. The van der Waals surface area contributed by atoms with E-state index in [1.165, 1.54) is 12.5 Å². The largest absolute Gasteiger partial charge is 0.302 e. The van der Waals surface area contributed by atoms with Crippen LogP contribution in [0, 0.1) is 5.82 Å². The second-order valence-corrected chi connectivity index (χ2v) is 5.39. The summed E-state index contributed by atoms with van der Waals surface area (Å²) in [5.41, 5.74) is 1.02. The zero-order valence-electron chi connectivity index (χ0n) is 7.59. The minimum absolute atomic E-state index is 0.178. The molecule has 76 valence electrons. The summed E-state index contributed by atoms with van der Waals surface area (Å²) in [6.45, 7) is 1.02.